The minimum absolute atomic E-state index is 0.332. The molecule has 1 saturated carbocycles. The highest BCUT2D eigenvalue weighted by Gasteiger charge is 2.24. The summed E-state index contributed by atoms with van der Waals surface area (Å²) in [6, 6.07) is 5.89. The quantitative estimate of drug-likeness (QED) is 0.795. The van der Waals surface area contributed by atoms with Gasteiger partial charge >= 0.3 is 0 Å². The molecule has 0 heterocycles. The second-order valence-corrected chi connectivity index (χ2v) is 6.00. The Morgan fingerprint density at radius 1 is 1.37 bits per heavy atom. The molecular weight excluding hydrogens is 306 g/mol. The lowest BCUT2D eigenvalue weighted by atomic mass is 9.84. The molecule has 1 fully saturated rings. The van der Waals surface area contributed by atoms with Crippen LogP contribution < -0.4 is 16.8 Å². The fourth-order valence-electron chi connectivity index (χ4n) is 2.73. The zero-order valence-electron chi connectivity index (χ0n) is 10.9. The number of carbonyl (C=O) groups is 1. The van der Waals surface area contributed by atoms with Gasteiger partial charge in [-0.1, -0.05) is 28.8 Å². The van der Waals surface area contributed by atoms with Crippen molar-refractivity contribution in [3.05, 3.63) is 28.2 Å². The number of nitrogens with two attached hydrogens (primary N) is 2. The van der Waals surface area contributed by atoms with Crippen molar-refractivity contribution >= 4 is 27.5 Å². The van der Waals surface area contributed by atoms with Crippen molar-refractivity contribution in [2.45, 2.75) is 31.7 Å². The van der Waals surface area contributed by atoms with Crippen molar-refractivity contribution in [2.75, 3.05) is 11.9 Å². The van der Waals surface area contributed by atoms with Gasteiger partial charge in [-0.25, -0.2) is 0 Å². The molecule has 104 valence electrons. The van der Waals surface area contributed by atoms with Crippen molar-refractivity contribution in [3.8, 4) is 0 Å². The van der Waals surface area contributed by atoms with Gasteiger partial charge in [-0.15, -0.1) is 0 Å². The van der Waals surface area contributed by atoms with Crippen LogP contribution in [0.15, 0.2) is 22.7 Å². The van der Waals surface area contributed by atoms with E-state index in [2.05, 4.69) is 21.2 Å². The summed E-state index contributed by atoms with van der Waals surface area (Å²) in [6.07, 6.45) is 4.69. The van der Waals surface area contributed by atoms with Crippen LogP contribution in [0.4, 0.5) is 5.69 Å². The van der Waals surface area contributed by atoms with Crippen LogP contribution >= 0.6 is 15.9 Å². The van der Waals surface area contributed by atoms with Gasteiger partial charge in [-0.05, 0) is 43.5 Å². The fourth-order valence-corrected chi connectivity index (χ4v) is 3.09. The zero-order chi connectivity index (χ0) is 13.8. The van der Waals surface area contributed by atoms with Crippen molar-refractivity contribution in [1.29, 1.82) is 0 Å². The molecule has 4 nitrogen and oxygen atoms in total. The van der Waals surface area contributed by atoms with E-state index in [1.54, 1.807) is 6.07 Å². The molecule has 5 N–H and O–H groups in total. The molecule has 0 radical (unpaired) electrons. The van der Waals surface area contributed by atoms with Crippen LogP contribution in [0.5, 0.6) is 0 Å². The number of hydrogen-bond donors (Lipinski definition) is 3. The van der Waals surface area contributed by atoms with Crippen LogP contribution in [0, 0.1) is 5.92 Å². The monoisotopic (exact) mass is 325 g/mol. The van der Waals surface area contributed by atoms with Crippen molar-refractivity contribution < 1.29 is 4.79 Å². The molecule has 19 heavy (non-hydrogen) atoms. The first-order chi connectivity index (χ1) is 9.11. The van der Waals surface area contributed by atoms with E-state index in [0.717, 1.165) is 23.0 Å². The Morgan fingerprint density at radius 3 is 2.79 bits per heavy atom. The Kier molecular flexibility index (Phi) is 4.82. The number of amides is 1. The molecule has 0 aromatic heterocycles. The maximum atomic E-state index is 11.5. The Balaban J connectivity index is 2.20. The summed E-state index contributed by atoms with van der Waals surface area (Å²) < 4.78 is 0.853. The number of nitrogens with one attached hydrogen (secondary N) is 1. The Labute approximate surface area is 122 Å². The highest BCUT2D eigenvalue weighted by Crippen LogP contribution is 2.29. The highest BCUT2D eigenvalue weighted by molar-refractivity contribution is 9.10. The van der Waals surface area contributed by atoms with E-state index < -0.39 is 5.91 Å². The summed E-state index contributed by atoms with van der Waals surface area (Å²) in [6.45, 7) is 0.681. The smallest absolute Gasteiger partial charge is 0.250 e. The Morgan fingerprint density at radius 2 is 2.11 bits per heavy atom. The van der Waals surface area contributed by atoms with E-state index in [4.69, 9.17) is 11.5 Å². The van der Waals surface area contributed by atoms with E-state index >= 15 is 0 Å². The van der Waals surface area contributed by atoms with E-state index in [1.807, 2.05) is 12.1 Å². The molecule has 1 aliphatic rings. The number of anilines is 1. The summed E-state index contributed by atoms with van der Waals surface area (Å²) in [5.74, 6) is 0.0574. The standard InChI is InChI=1S/C14H20BrN3O/c15-10-5-6-13(11(7-10)14(17)19)18-12-4-2-1-3-9(12)8-16/h5-7,9,12,18H,1-4,8,16H2,(H2,17,19). The molecule has 1 aliphatic carbocycles. The van der Waals surface area contributed by atoms with Gasteiger partial charge in [-0.3, -0.25) is 4.79 Å². The van der Waals surface area contributed by atoms with Crippen LogP contribution in [0.3, 0.4) is 0 Å². The predicted octanol–water partition coefficient (Wildman–Crippen LogP) is 2.48. The minimum Gasteiger partial charge on any atom is -0.381 e. The number of benzene rings is 1. The van der Waals surface area contributed by atoms with Gasteiger partial charge < -0.3 is 16.8 Å². The average molecular weight is 326 g/mol. The third kappa shape index (κ3) is 3.48. The van der Waals surface area contributed by atoms with Gasteiger partial charge in [0.2, 0.25) is 0 Å². The number of primary amides is 1. The molecule has 1 aromatic rings. The summed E-state index contributed by atoms with van der Waals surface area (Å²) in [7, 11) is 0. The molecule has 5 heteroatoms. The molecule has 1 aromatic carbocycles. The van der Waals surface area contributed by atoms with Crippen molar-refractivity contribution in [1.82, 2.24) is 0 Å². The number of halogens is 1. The maximum Gasteiger partial charge on any atom is 0.250 e. The summed E-state index contributed by atoms with van der Waals surface area (Å²) in [4.78, 5) is 11.5. The van der Waals surface area contributed by atoms with Gasteiger partial charge in [0.15, 0.2) is 0 Å². The minimum atomic E-state index is -0.413. The van der Waals surface area contributed by atoms with Gasteiger partial charge in [0.1, 0.15) is 0 Å². The molecule has 0 spiro atoms. The lowest BCUT2D eigenvalue weighted by Crippen LogP contribution is -2.37. The third-order valence-electron chi connectivity index (χ3n) is 3.80. The Hall–Kier alpha value is -1.07. The van der Waals surface area contributed by atoms with Crippen molar-refractivity contribution in [2.24, 2.45) is 17.4 Å². The van der Waals surface area contributed by atoms with Crippen LogP contribution in [-0.4, -0.2) is 18.5 Å². The van der Waals surface area contributed by atoms with E-state index in [-0.39, 0.29) is 0 Å². The molecule has 0 bridgehead atoms. The van der Waals surface area contributed by atoms with Gasteiger partial charge in [0.05, 0.1) is 5.56 Å². The van der Waals surface area contributed by atoms with E-state index in [1.165, 1.54) is 12.8 Å². The predicted molar refractivity (Wildman–Crippen MR) is 81.1 cm³/mol. The second kappa shape index (κ2) is 6.39. The largest absolute Gasteiger partial charge is 0.381 e. The number of hydrogen-bond acceptors (Lipinski definition) is 3. The Bertz CT molecular complexity index is 464. The van der Waals surface area contributed by atoms with Crippen LogP contribution in [-0.2, 0) is 0 Å². The molecule has 1 amide bonds. The van der Waals surface area contributed by atoms with Crippen molar-refractivity contribution in [3.63, 3.8) is 0 Å². The van der Waals surface area contributed by atoms with Crippen LogP contribution in [0.25, 0.3) is 0 Å². The summed E-state index contributed by atoms with van der Waals surface area (Å²) in [5.41, 5.74) is 12.6. The molecule has 2 atom stereocenters. The topological polar surface area (TPSA) is 81.1 Å². The molecule has 0 aliphatic heterocycles. The fraction of sp³-hybridized carbons (Fsp3) is 0.500. The number of carbonyl (C=O) groups excluding carboxylic acids is 1. The van der Waals surface area contributed by atoms with Gasteiger partial charge in [0, 0.05) is 16.2 Å². The van der Waals surface area contributed by atoms with Gasteiger partial charge in [0.25, 0.3) is 5.91 Å². The first-order valence-corrected chi connectivity index (χ1v) is 7.47. The first kappa shape index (κ1) is 14.3. The summed E-state index contributed by atoms with van der Waals surface area (Å²) >= 11 is 3.36. The van der Waals surface area contributed by atoms with E-state index in [9.17, 15) is 4.79 Å². The lowest BCUT2D eigenvalue weighted by molar-refractivity contribution is 0.100. The van der Waals surface area contributed by atoms with E-state index in [0.29, 0.717) is 24.1 Å². The van der Waals surface area contributed by atoms with Crippen LogP contribution in [0.1, 0.15) is 36.0 Å². The average Bonchev–Trinajstić information content (AvgIpc) is 2.41. The van der Waals surface area contributed by atoms with Crippen LogP contribution in [0.2, 0.25) is 0 Å². The molecule has 2 unspecified atom stereocenters. The second-order valence-electron chi connectivity index (χ2n) is 5.09. The lowest BCUT2D eigenvalue weighted by Gasteiger charge is -2.32. The van der Waals surface area contributed by atoms with Gasteiger partial charge in [-0.2, -0.15) is 0 Å². The molecule has 2 rings (SSSR count). The molecular formula is C14H20BrN3O. The first-order valence-electron chi connectivity index (χ1n) is 6.67. The molecule has 0 saturated heterocycles. The SMILES string of the molecule is NCC1CCCCC1Nc1ccc(Br)cc1C(N)=O. The normalized spacial score (nSPS) is 23.1. The summed E-state index contributed by atoms with van der Waals surface area (Å²) in [5, 5.41) is 3.46. The maximum absolute atomic E-state index is 11.5. The highest BCUT2D eigenvalue weighted by atomic mass is 79.9. The zero-order valence-corrected chi connectivity index (χ0v) is 12.4. The number of rotatable bonds is 4. The third-order valence-corrected chi connectivity index (χ3v) is 4.29.